The predicted octanol–water partition coefficient (Wildman–Crippen LogP) is 4.18. The summed E-state index contributed by atoms with van der Waals surface area (Å²) in [5, 5.41) is 40.7. The van der Waals surface area contributed by atoms with Crippen molar-refractivity contribution in [3.05, 3.63) is 0 Å². The molecule has 0 amide bonds. The third-order valence-electron chi connectivity index (χ3n) is 11.4. The molecule has 0 heterocycles. The van der Waals surface area contributed by atoms with Crippen molar-refractivity contribution in [2.75, 3.05) is 0 Å². The lowest BCUT2D eigenvalue weighted by Gasteiger charge is -2.66. The Kier molecular flexibility index (Phi) is 5.98. The van der Waals surface area contributed by atoms with E-state index < -0.39 is 24.0 Å². The summed E-state index contributed by atoms with van der Waals surface area (Å²) in [5.74, 6) is -2.47. The minimum absolute atomic E-state index is 0.0670. The fourth-order valence-electron chi connectivity index (χ4n) is 9.38. The zero-order valence-corrected chi connectivity index (χ0v) is 20.1. The molecule has 3 unspecified atom stereocenters. The van der Waals surface area contributed by atoms with Crippen molar-refractivity contribution in [2.24, 2.45) is 51.8 Å². The fourth-order valence-corrected chi connectivity index (χ4v) is 9.38. The van der Waals surface area contributed by atoms with E-state index in [0.717, 1.165) is 51.4 Å². The summed E-state index contributed by atoms with van der Waals surface area (Å²) in [5.41, 5.74) is -0.0555. The minimum Gasteiger partial charge on any atom is -0.481 e. The van der Waals surface area contributed by atoms with Gasteiger partial charge in [0.25, 0.3) is 0 Å². The first-order valence-electron chi connectivity index (χ1n) is 12.7. The van der Waals surface area contributed by atoms with Crippen molar-refractivity contribution in [2.45, 2.75) is 97.7 Å². The number of carboxylic acid groups (broad SMARTS) is 2. The van der Waals surface area contributed by atoms with Crippen LogP contribution in [0, 0.1) is 51.8 Å². The van der Waals surface area contributed by atoms with E-state index in [1.54, 1.807) is 0 Å². The number of carbonyl (C=O) groups is 2. The van der Waals surface area contributed by atoms with Gasteiger partial charge in [-0.25, -0.2) is 0 Å². The van der Waals surface area contributed by atoms with Gasteiger partial charge in [0.1, 0.15) is 0 Å². The van der Waals surface area contributed by atoms with Crippen LogP contribution in [0.5, 0.6) is 0 Å². The van der Waals surface area contributed by atoms with Gasteiger partial charge in [0.05, 0.1) is 12.2 Å². The number of rotatable bonds is 5. The molecule has 0 saturated heterocycles. The SMILES string of the molecule is C[C@H](CC(C(=O)O)C(=O)O)[C@H]1CCC2C3CC[C@]4(C)C[C@H](O)CC[C@]4(C)C3C[C@H](O)[C@@]21C. The lowest BCUT2D eigenvalue weighted by Crippen LogP contribution is -2.61. The van der Waals surface area contributed by atoms with Crippen molar-refractivity contribution in [1.29, 1.82) is 0 Å². The van der Waals surface area contributed by atoms with Gasteiger partial charge in [0, 0.05) is 0 Å². The zero-order valence-electron chi connectivity index (χ0n) is 20.1. The summed E-state index contributed by atoms with van der Waals surface area (Å²) in [6.07, 6.45) is 7.14. The molecule has 4 fully saturated rings. The molecule has 4 aliphatic rings. The van der Waals surface area contributed by atoms with Crippen molar-refractivity contribution < 1.29 is 30.0 Å². The van der Waals surface area contributed by atoms with E-state index in [4.69, 9.17) is 0 Å². The van der Waals surface area contributed by atoms with Gasteiger partial charge in [-0.1, -0.05) is 27.7 Å². The lowest BCUT2D eigenvalue weighted by molar-refractivity contribution is -0.202. The number of fused-ring (bicyclic) bond motifs is 5. The Morgan fingerprint density at radius 3 is 2.22 bits per heavy atom. The van der Waals surface area contributed by atoms with Crippen LogP contribution < -0.4 is 0 Å². The topological polar surface area (TPSA) is 115 Å². The average molecular weight is 451 g/mol. The highest BCUT2D eigenvalue weighted by Crippen LogP contribution is 2.71. The Morgan fingerprint density at radius 2 is 1.59 bits per heavy atom. The molecule has 4 rings (SSSR count). The maximum atomic E-state index is 11.6. The normalized spacial score (nSPS) is 49.1. The molecule has 182 valence electrons. The number of hydrogen-bond donors (Lipinski definition) is 4. The molecule has 32 heavy (non-hydrogen) atoms. The van der Waals surface area contributed by atoms with Crippen molar-refractivity contribution >= 4 is 11.9 Å². The number of aliphatic hydroxyl groups is 2. The van der Waals surface area contributed by atoms with E-state index in [2.05, 4.69) is 20.8 Å². The summed E-state index contributed by atoms with van der Waals surface area (Å²) in [7, 11) is 0. The van der Waals surface area contributed by atoms with Gasteiger partial charge in [0.2, 0.25) is 0 Å². The number of aliphatic carboxylic acids is 2. The first-order valence-corrected chi connectivity index (χ1v) is 12.7. The molecule has 6 nitrogen and oxygen atoms in total. The van der Waals surface area contributed by atoms with E-state index in [1.807, 2.05) is 6.92 Å². The minimum atomic E-state index is -1.39. The largest absolute Gasteiger partial charge is 0.481 e. The van der Waals surface area contributed by atoms with Crippen molar-refractivity contribution in [3.8, 4) is 0 Å². The van der Waals surface area contributed by atoms with Crippen LogP contribution in [0.2, 0.25) is 0 Å². The fraction of sp³-hybridized carbons (Fsp3) is 0.923. The molecule has 10 atom stereocenters. The van der Waals surface area contributed by atoms with E-state index in [9.17, 15) is 30.0 Å². The molecule has 4 saturated carbocycles. The third-order valence-corrected chi connectivity index (χ3v) is 11.4. The molecular weight excluding hydrogens is 408 g/mol. The molecule has 6 heteroatoms. The number of aliphatic hydroxyl groups excluding tert-OH is 2. The Labute approximate surface area is 191 Å². The second kappa shape index (κ2) is 7.97. The Bertz CT molecular complexity index is 753. The van der Waals surface area contributed by atoms with Crippen LogP contribution in [0.1, 0.15) is 85.5 Å². The molecular formula is C26H42O6. The average Bonchev–Trinajstić information content (AvgIpc) is 3.06. The Morgan fingerprint density at radius 1 is 0.938 bits per heavy atom. The van der Waals surface area contributed by atoms with Gasteiger partial charge in [0.15, 0.2) is 5.92 Å². The number of carboxylic acids is 2. The summed E-state index contributed by atoms with van der Waals surface area (Å²) in [6, 6.07) is 0. The van der Waals surface area contributed by atoms with Crippen LogP contribution in [0.3, 0.4) is 0 Å². The van der Waals surface area contributed by atoms with E-state index >= 15 is 0 Å². The molecule has 0 aromatic rings. The highest BCUT2D eigenvalue weighted by molar-refractivity contribution is 5.92. The Hall–Kier alpha value is -1.14. The summed E-state index contributed by atoms with van der Waals surface area (Å²) >= 11 is 0. The first kappa shape index (κ1) is 24.0. The van der Waals surface area contributed by atoms with Gasteiger partial charge < -0.3 is 20.4 Å². The molecule has 0 aliphatic heterocycles. The molecule has 0 bridgehead atoms. The second-order valence-electron chi connectivity index (χ2n) is 12.5. The molecule has 0 aromatic heterocycles. The van der Waals surface area contributed by atoms with Crippen LogP contribution in [0.25, 0.3) is 0 Å². The molecule has 0 spiro atoms. The molecule has 4 aliphatic carbocycles. The smallest absolute Gasteiger partial charge is 0.317 e. The van der Waals surface area contributed by atoms with Gasteiger partial charge in [-0.3, -0.25) is 9.59 Å². The van der Waals surface area contributed by atoms with Crippen LogP contribution in [0.4, 0.5) is 0 Å². The van der Waals surface area contributed by atoms with E-state index in [-0.39, 0.29) is 40.6 Å². The molecule has 4 N–H and O–H groups in total. The second-order valence-corrected chi connectivity index (χ2v) is 12.5. The summed E-state index contributed by atoms with van der Waals surface area (Å²) < 4.78 is 0. The van der Waals surface area contributed by atoms with Crippen molar-refractivity contribution in [1.82, 2.24) is 0 Å². The van der Waals surface area contributed by atoms with Gasteiger partial charge in [-0.2, -0.15) is 0 Å². The maximum Gasteiger partial charge on any atom is 0.317 e. The highest BCUT2D eigenvalue weighted by Gasteiger charge is 2.66. The maximum absolute atomic E-state index is 11.6. The van der Waals surface area contributed by atoms with Gasteiger partial charge in [-0.05, 0) is 104 Å². The lowest BCUT2D eigenvalue weighted by atomic mass is 9.39. The van der Waals surface area contributed by atoms with Crippen LogP contribution >= 0.6 is 0 Å². The first-order chi connectivity index (χ1) is 14.8. The highest BCUT2D eigenvalue weighted by atomic mass is 16.4. The Balaban J connectivity index is 1.59. The van der Waals surface area contributed by atoms with Crippen LogP contribution in [-0.2, 0) is 9.59 Å². The van der Waals surface area contributed by atoms with E-state index in [1.165, 1.54) is 0 Å². The molecule has 0 radical (unpaired) electrons. The summed E-state index contributed by atoms with van der Waals surface area (Å²) in [4.78, 5) is 23.0. The van der Waals surface area contributed by atoms with E-state index in [0.29, 0.717) is 17.8 Å². The molecule has 0 aromatic carbocycles. The van der Waals surface area contributed by atoms with Crippen LogP contribution in [-0.4, -0.2) is 44.6 Å². The van der Waals surface area contributed by atoms with Crippen LogP contribution in [0.15, 0.2) is 0 Å². The standard InChI is InChI=1S/C26H42O6/c1-14(11-17(22(29)30)23(31)32)18-5-6-19-16-8-9-24(2)13-15(27)7-10-25(24,3)20(16)12-21(28)26(18,19)4/h14-21,27-28H,5-13H2,1-4H3,(H,29,30)(H,31,32)/t14-,15-,16?,18-,19?,20?,21+,24-,25-,26-/m1/s1. The zero-order chi connectivity index (χ0) is 23.6. The number of hydrogen-bond acceptors (Lipinski definition) is 4. The quantitative estimate of drug-likeness (QED) is 0.467. The third kappa shape index (κ3) is 3.34. The summed E-state index contributed by atoms with van der Waals surface area (Å²) in [6.45, 7) is 8.94. The van der Waals surface area contributed by atoms with Gasteiger partial charge >= 0.3 is 11.9 Å². The van der Waals surface area contributed by atoms with Gasteiger partial charge in [-0.15, -0.1) is 0 Å². The van der Waals surface area contributed by atoms with Crippen molar-refractivity contribution in [3.63, 3.8) is 0 Å². The predicted molar refractivity (Wildman–Crippen MR) is 120 cm³/mol. The monoisotopic (exact) mass is 450 g/mol.